The van der Waals surface area contributed by atoms with Gasteiger partial charge in [-0.05, 0) is 35.9 Å². The zero-order chi connectivity index (χ0) is 13.4. The van der Waals surface area contributed by atoms with E-state index in [0.717, 1.165) is 0 Å². The first-order valence-corrected chi connectivity index (χ1v) is 6.42. The van der Waals surface area contributed by atoms with Gasteiger partial charge in [0.15, 0.2) is 5.65 Å². The molecule has 0 saturated heterocycles. The molecule has 0 fully saturated rings. The molecule has 2 aromatic heterocycles. The Morgan fingerprint density at radius 3 is 2.84 bits per heavy atom. The Kier molecular flexibility index (Phi) is 2.94. The Bertz CT molecular complexity index is 789. The van der Waals surface area contributed by atoms with Crippen molar-refractivity contribution in [3.63, 3.8) is 0 Å². The first-order chi connectivity index (χ1) is 9.13. The van der Waals surface area contributed by atoms with Crippen molar-refractivity contribution in [1.29, 1.82) is 0 Å². The number of hydrogen-bond acceptors (Lipinski definition) is 2. The van der Waals surface area contributed by atoms with Gasteiger partial charge in [-0.25, -0.2) is 13.9 Å². The monoisotopic (exact) mass is 321 g/mol. The van der Waals surface area contributed by atoms with Gasteiger partial charge in [-0.3, -0.25) is 4.40 Å². The van der Waals surface area contributed by atoms with Crippen LogP contribution < -0.4 is 5.69 Å². The maximum atomic E-state index is 13.3. The molecule has 0 aliphatic carbocycles. The molecule has 0 amide bonds. The summed E-state index contributed by atoms with van der Waals surface area (Å²) in [6.45, 7) is 0.233. The van der Waals surface area contributed by atoms with Crippen LogP contribution in [0.3, 0.4) is 0 Å². The van der Waals surface area contributed by atoms with Crippen LogP contribution in [0.4, 0.5) is 4.39 Å². The lowest BCUT2D eigenvalue weighted by Crippen LogP contribution is -2.21. The van der Waals surface area contributed by atoms with Crippen LogP contribution >= 0.6 is 15.9 Å². The van der Waals surface area contributed by atoms with E-state index in [9.17, 15) is 9.18 Å². The van der Waals surface area contributed by atoms with E-state index in [4.69, 9.17) is 0 Å². The molecule has 0 bridgehead atoms. The lowest BCUT2D eigenvalue weighted by molar-refractivity contribution is 0.614. The van der Waals surface area contributed by atoms with Crippen molar-refractivity contribution in [2.75, 3.05) is 0 Å². The molecule has 3 rings (SSSR count). The van der Waals surface area contributed by atoms with Crippen LogP contribution in [-0.4, -0.2) is 14.2 Å². The third-order valence-corrected chi connectivity index (χ3v) is 3.20. The first kappa shape index (κ1) is 12.1. The quantitative estimate of drug-likeness (QED) is 0.727. The van der Waals surface area contributed by atoms with Crippen molar-refractivity contribution in [3.8, 4) is 0 Å². The van der Waals surface area contributed by atoms with Crippen molar-refractivity contribution >= 4 is 21.6 Å². The van der Waals surface area contributed by atoms with Gasteiger partial charge >= 0.3 is 5.69 Å². The van der Waals surface area contributed by atoms with Crippen LogP contribution in [0.2, 0.25) is 0 Å². The summed E-state index contributed by atoms with van der Waals surface area (Å²) in [5.41, 5.74) is 1.01. The maximum Gasteiger partial charge on any atom is 0.350 e. The van der Waals surface area contributed by atoms with Crippen LogP contribution in [0.15, 0.2) is 51.9 Å². The molecule has 0 aliphatic rings. The molecule has 19 heavy (non-hydrogen) atoms. The van der Waals surface area contributed by atoms with E-state index in [-0.39, 0.29) is 18.1 Å². The molecule has 96 valence electrons. The molecule has 0 N–H and O–H groups in total. The highest BCUT2D eigenvalue weighted by molar-refractivity contribution is 9.10. The Labute approximate surface area is 116 Å². The minimum Gasteiger partial charge on any atom is -0.250 e. The average Bonchev–Trinajstić information content (AvgIpc) is 2.66. The highest BCUT2D eigenvalue weighted by Gasteiger charge is 2.07. The minimum absolute atomic E-state index is 0.233. The van der Waals surface area contributed by atoms with Crippen molar-refractivity contribution in [2.45, 2.75) is 6.54 Å². The van der Waals surface area contributed by atoms with Gasteiger partial charge < -0.3 is 0 Å². The summed E-state index contributed by atoms with van der Waals surface area (Å²) in [4.78, 5) is 12.1. The van der Waals surface area contributed by atoms with Crippen LogP contribution in [0, 0.1) is 5.82 Å². The van der Waals surface area contributed by atoms with Crippen LogP contribution in [0.1, 0.15) is 5.56 Å². The number of rotatable bonds is 2. The SMILES string of the molecule is O=c1n(Cc2cc(F)cc(Br)c2)nc2ccccn12. The molecule has 0 saturated carbocycles. The zero-order valence-electron chi connectivity index (χ0n) is 9.75. The number of fused-ring (bicyclic) bond motifs is 1. The predicted octanol–water partition coefficient (Wildman–Crippen LogP) is 2.45. The van der Waals surface area contributed by atoms with Crippen molar-refractivity contribution in [1.82, 2.24) is 14.2 Å². The molecular weight excluding hydrogens is 313 g/mol. The molecule has 0 aliphatic heterocycles. The van der Waals surface area contributed by atoms with Gasteiger partial charge in [-0.2, -0.15) is 0 Å². The standard InChI is InChI=1S/C13H9BrFN3O/c14-10-5-9(6-11(15)7-10)8-18-13(19)17-4-2-1-3-12(17)16-18/h1-7H,8H2. The van der Waals surface area contributed by atoms with E-state index in [1.54, 1.807) is 24.4 Å². The van der Waals surface area contributed by atoms with Crippen LogP contribution in [0.5, 0.6) is 0 Å². The number of aromatic nitrogens is 3. The van der Waals surface area contributed by atoms with E-state index < -0.39 is 0 Å². The summed E-state index contributed by atoms with van der Waals surface area (Å²) in [7, 11) is 0. The number of benzene rings is 1. The molecule has 3 aromatic rings. The van der Waals surface area contributed by atoms with Crippen LogP contribution in [-0.2, 0) is 6.54 Å². The fourth-order valence-corrected chi connectivity index (χ4v) is 2.46. The fraction of sp³-hybridized carbons (Fsp3) is 0.0769. The van der Waals surface area contributed by atoms with Gasteiger partial charge in [0, 0.05) is 10.7 Å². The van der Waals surface area contributed by atoms with Crippen molar-refractivity contribution in [3.05, 3.63) is 68.9 Å². The lowest BCUT2D eigenvalue weighted by atomic mass is 10.2. The summed E-state index contributed by atoms with van der Waals surface area (Å²) in [6.07, 6.45) is 1.66. The van der Waals surface area contributed by atoms with Gasteiger partial charge in [-0.15, -0.1) is 5.10 Å². The second-order valence-corrected chi connectivity index (χ2v) is 5.06. The zero-order valence-corrected chi connectivity index (χ0v) is 11.3. The molecule has 0 spiro atoms. The highest BCUT2D eigenvalue weighted by atomic mass is 79.9. The third-order valence-electron chi connectivity index (χ3n) is 2.74. The molecule has 0 unspecified atom stereocenters. The van der Waals surface area contributed by atoms with Gasteiger partial charge in [0.05, 0.1) is 6.54 Å². The van der Waals surface area contributed by atoms with E-state index in [0.29, 0.717) is 15.7 Å². The Balaban J connectivity index is 2.06. The third kappa shape index (κ3) is 2.31. The summed E-state index contributed by atoms with van der Waals surface area (Å²) >= 11 is 3.23. The van der Waals surface area contributed by atoms with Crippen LogP contribution in [0.25, 0.3) is 5.65 Å². The van der Waals surface area contributed by atoms with E-state index in [1.807, 2.05) is 6.07 Å². The number of halogens is 2. The average molecular weight is 322 g/mol. The topological polar surface area (TPSA) is 39.3 Å². The fourth-order valence-electron chi connectivity index (χ4n) is 1.95. The van der Waals surface area contributed by atoms with E-state index >= 15 is 0 Å². The largest absolute Gasteiger partial charge is 0.350 e. The van der Waals surface area contributed by atoms with E-state index in [2.05, 4.69) is 21.0 Å². The van der Waals surface area contributed by atoms with Crippen molar-refractivity contribution in [2.24, 2.45) is 0 Å². The summed E-state index contributed by atoms with van der Waals surface area (Å²) < 4.78 is 16.7. The number of pyridine rings is 1. The Morgan fingerprint density at radius 1 is 1.26 bits per heavy atom. The Morgan fingerprint density at radius 2 is 2.11 bits per heavy atom. The normalized spacial score (nSPS) is 11.1. The van der Waals surface area contributed by atoms with Gasteiger partial charge in [0.2, 0.25) is 0 Å². The molecule has 2 heterocycles. The maximum absolute atomic E-state index is 13.3. The lowest BCUT2D eigenvalue weighted by Gasteiger charge is -2.01. The highest BCUT2D eigenvalue weighted by Crippen LogP contribution is 2.15. The number of nitrogens with zero attached hydrogens (tertiary/aromatic N) is 3. The Hall–Kier alpha value is -1.95. The predicted molar refractivity (Wildman–Crippen MR) is 72.7 cm³/mol. The molecule has 6 heteroatoms. The molecule has 1 aromatic carbocycles. The molecule has 0 radical (unpaired) electrons. The molecular formula is C13H9BrFN3O. The first-order valence-electron chi connectivity index (χ1n) is 5.63. The van der Waals surface area contributed by atoms with Gasteiger partial charge in [0.1, 0.15) is 5.82 Å². The summed E-state index contributed by atoms with van der Waals surface area (Å²) in [6, 6.07) is 9.85. The number of hydrogen-bond donors (Lipinski definition) is 0. The molecule has 0 atom stereocenters. The minimum atomic E-state index is -0.346. The second-order valence-electron chi connectivity index (χ2n) is 4.15. The molecule has 4 nitrogen and oxygen atoms in total. The van der Waals surface area contributed by atoms with E-state index in [1.165, 1.54) is 21.2 Å². The summed E-state index contributed by atoms with van der Waals surface area (Å²) in [5, 5.41) is 4.20. The van der Waals surface area contributed by atoms with Crippen molar-refractivity contribution < 1.29 is 4.39 Å². The summed E-state index contributed by atoms with van der Waals surface area (Å²) in [5.74, 6) is -0.346. The second kappa shape index (κ2) is 4.62. The van der Waals surface area contributed by atoms with Gasteiger partial charge in [-0.1, -0.05) is 22.0 Å². The van der Waals surface area contributed by atoms with Gasteiger partial charge in [0.25, 0.3) is 0 Å². The smallest absolute Gasteiger partial charge is 0.250 e.